The van der Waals surface area contributed by atoms with Crippen LogP contribution in [0.15, 0.2) is 4.47 Å². The predicted molar refractivity (Wildman–Crippen MR) is 87.7 cm³/mol. The Labute approximate surface area is 131 Å². The van der Waals surface area contributed by atoms with Gasteiger partial charge in [0.25, 0.3) is 0 Å². The maximum absolute atomic E-state index is 6.01. The van der Waals surface area contributed by atoms with Gasteiger partial charge in [-0.3, -0.25) is 4.68 Å². The first-order valence-electron chi connectivity index (χ1n) is 8.00. The van der Waals surface area contributed by atoms with Crippen molar-refractivity contribution in [2.24, 2.45) is 30.5 Å². The van der Waals surface area contributed by atoms with Gasteiger partial charge in [-0.1, -0.05) is 26.7 Å². The number of rotatable bonds is 5. The number of aromatic nitrogens is 2. The molecule has 1 aromatic heterocycles. The van der Waals surface area contributed by atoms with E-state index in [0.717, 1.165) is 31.2 Å². The summed E-state index contributed by atoms with van der Waals surface area (Å²) in [5.41, 5.74) is 8.53. The van der Waals surface area contributed by atoms with Crippen LogP contribution < -0.4 is 5.73 Å². The molecule has 0 saturated heterocycles. The second kappa shape index (κ2) is 7.08. The van der Waals surface area contributed by atoms with Gasteiger partial charge < -0.3 is 5.73 Å². The number of nitrogens with two attached hydrogens (primary N) is 1. The molecule has 4 heteroatoms. The van der Waals surface area contributed by atoms with Crippen LogP contribution in [-0.4, -0.2) is 16.3 Å². The summed E-state index contributed by atoms with van der Waals surface area (Å²) in [4.78, 5) is 0. The Hall–Kier alpha value is -0.350. The summed E-state index contributed by atoms with van der Waals surface area (Å²) in [6.07, 6.45) is 7.40. The molecule has 0 radical (unpaired) electrons. The molecule has 1 aliphatic carbocycles. The molecule has 0 aliphatic heterocycles. The van der Waals surface area contributed by atoms with E-state index in [1.165, 1.54) is 41.5 Å². The lowest BCUT2D eigenvalue weighted by Gasteiger charge is -2.35. The van der Waals surface area contributed by atoms with Crippen LogP contribution in [0.5, 0.6) is 0 Å². The highest BCUT2D eigenvalue weighted by Gasteiger charge is 2.30. The first-order chi connectivity index (χ1) is 9.60. The van der Waals surface area contributed by atoms with E-state index >= 15 is 0 Å². The van der Waals surface area contributed by atoms with Gasteiger partial charge in [-0.15, -0.1) is 0 Å². The zero-order valence-corrected chi connectivity index (χ0v) is 14.6. The molecule has 1 fully saturated rings. The maximum Gasteiger partial charge on any atom is 0.0766 e. The zero-order chi connectivity index (χ0) is 14.7. The van der Waals surface area contributed by atoms with Crippen molar-refractivity contribution in [2.45, 2.75) is 52.4 Å². The Kier molecular flexibility index (Phi) is 5.67. The molecule has 1 aromatic rings. The van der Waals surface area contributed by atoms with Crippen LogP contribution in [0.25, 0.3) is 0 Å². The van der Waals surface area contributed by atoms with Crippen LogP contribution in [0.4, 0.5) is 0 Å². The molecule has 3 nitrogen and oxygen atoms in total. The molecule has 1 aliphatic rings. The fraction of sp³-hybridized carbons (Fsp3) is 0.812. The number of hydrogen-bond acceptors (Lipinski definition) is 2. The summed E-state index contributed by atoms with van der Waals surface area (Å²) in [5, 5.41) is 4.62. The third kappa shape index (κ3) is 3.28. The first kappa shape index (κ1) is 16.0. The highest BCUT2D eigenvalue weighted by atomic mass is 79.9. The van der Waals surface area contributed by atoms with E-state index in [0.29, 0.717) is 5.92 Å². The van der Waals surface area contributed by atoms with E-state index in [2.05, 4.69) is 46.6 Å². The SMILES string of the molecule is CCc1nn(C)c(CC2CC(CC)CCC2CN)c1Br. The molecule has 114 valence electrons. The summed E-state index contributed by atoms with van der Waals surface area (Å²) in [5.74, 6) is 2.29. The van der Waals surface area contributed by atoms with Crippen LogP contribution in [-0.2, 0) is 19.9 Å². The van der Waals surface area contributed by atoms with E-state index in [-0.39, 0.29) is 0 Å². The second-order valence-electron chi connectivity index (χ2n) is 6.23. The Balaban J connectivity index is 2.16. The van der Waals surface area contributed by atoms with Gasteiger partial charge >= 0.3 is 0 Å². The molecule has 20 heavy (non-hydrogen) atoms. The second-order valence-corrected chi connectivity index (χ2v) is 7.02. The van der Waals surface area contributed by atoms with E-state index in [4.69, 9.17) is 5.73 Å². The van der Waals surface area contributed by atoms with Crippen molar-refractivity contribution in [2.75, 3.05) is 6.54 Å². The Bertz CT molecular complexity index is 441. The van der Waals surface area contributed by atoms with E-state index in [9.17, 15) is 0 Å². The quantitative estimate of drug-likeness (QED) is 0.887. The minimum atomic E-state index is 0.685. The molecule has 3 atom stereocenters. The molecule has 2 N–H and O–H groups in total. The predicted octanol–water partition coefficient (Wildman–Crippen LogP) is 3.69. The fourth-order valence-electron chi connectivity index (χ4n) is 3.64. The van der Waals surface area contributed by atoms with E-state index in [1.54, 1.807) is 0 Å². The third-order valence-corrected chi connectivity index (χ3v) is 6.00. The van der Waals surface area contributed by atoms with Gasteiger partial charge in [0.1, 0.15) is 0 Å². The molecule has 0 spiro atoms. The largest absolute Gasteiger partial charge is 0.330 e. The summed E-state index contributed by atoms with van der Waals surface area (Å²) in [6, 6.07) is 0. The first-order valence-corrected chi connectivity index (χ1v) is 8.80. The molecule has 1 heterocycles. The Morgan fingerprint density at radius 3 is 2.60 bits per heavy atom. The van der Waals surface area contributed by atoms with Crippen molar-refractivity contribution in [3.8, 4) is 0 Å². The van der Waals surface area contributed by atoms with Crippen LogP contribution in [0.2, 0.25) is 0 Å². The van der Waals surface area contributed by atoms with E-state index < -0.39 is 0 Å². The van der Waals surface area contributed by atoms with Gasteiger partial charge in [-0.25, -0.2) is 0 Å². The van der Waals surface area contributed by atoms with Crippen LogP contribution in [0, 0.1) is 17.8 Å². The summed E-state index contributed by atoms with van der Waals surface area (Å²) in [7, 11) is 2.07. The van der Waals surface area contributed by atoms with Crippen molar-refractivity contribution < 1.29 is 0 Å². The molecule has 3 unspecified atom stereocenters. The average Bonchev–Trinajstić information content (AvgIpc) is 2.74. The molecule has 0 bridgehead atoms. The monoisotopic (exact) mass is 341 g/mol. The number of aryl methyl sites for hydroxylation is 2. The molecule has 2 rings (SSSR count). The summed E-state index contributed by atoms with van der Waals surface area (Å²) < 4.78 is 3.28. The standard InChI is InChI=1S/C16H28BrN3/c1-4-11-6-7-12(10-18)13(8-11)9-15-16(17)14(5-2)19-20(15)3/h11-13H,4-10,18H2,1-3H3. The van der Waals surface area contributed by atoms with Gasteiger partial charge in [-0.2, -0.15) is 5.10 Å². The van der Waals surface area contributed by atoms with Gasteiger partial charge in [0, 0.05) is 7.05 Å². The lowest BCUT2D eigenvalue weighted by Crippen LogP contribution is -2.32. The van der Waals surface area contributed by atoms with Gasteiger partial charge in [0.05, 0.1) is 15.9 Å². The lowest BCUT2D eigenvalue weighted by molar-refractivity contribution is 0.177. The third-order valence-electron chi connectivity index (χ3n) is 5.09. The molecule has 0 amide bonds. The minimum Gasteiger partial charge on any atom is -0.330 e. The normalized spacial score (nSPS) is 26.9. The van der Waals surface area contributed by atoms with Crippen molar-refractivity contribution in [3.63, 3.8) is 0 Å². The summed E-state index contributed by atoms with van der Waals surface area (Å²) >= 11 is 3.75. The molecule has 1 saturated carbocycles. The Morgan fingerprint density at radius 1 is 1.30 bits per heavy atom. The highest BCUT2D eigenvalue weighted by Crippen LogP contribution is 2.38. The smallest absolute Gasteiger partial charge is 0.0766 e. The van der Waals surface area contributed by atoms with Gasteiger partial charge in [0.2, 0.25) is 0 Å². The van der Waals surface area contributed by atoms with Crippen LogP contribution >= 0.6 is 15.9 Å². The van der Waals surface area contributed by atoms with Crippen molar-refractivity contribution in [1.29, 1.82) is 0 Å². The number of nitrogens with zero attached hydrogens (tertiary/aromatic N) is 2. The molecular formula is C16H28BrN3. The number of halogens is 1. The van der Waals surface area contributed by atoms with Crippen molar-refractivity contribution >= 4 is 15.9 Å². The Morgan fingerprint density at radius 2 is 2.05 bits per heavy atom. The van der Waals surface area contributed by atoms with Crippen LogP contribution in [0.3, 0.4) is 0 Å². The minimum absolute atomic E-state index is 0.685. The van der Waals surface area contributed by atoms with Crippen LogP contribution in [0.1, 0.15) is 50.9 Å². The molecule has 0 aromatic carbocycles. The number of hydrogen-bond donors (Lipinski definition) is 1. The highest BCUT2D eigenvalue weighted by molar-refractivity contribution is 9.10. The van der Waals surface area contributed by atoms with Crippen molar-refractivity contribution in [3.05, 3.63) is 15.9 Å². The zero-order valence-electron chi connectivity index (χ0n) is 13.0. The topological polar surface area (TPSA) is 43.8 Å². The fourth-order valence-corrected chi connectivity index (χ4v) is 4.42. The average molecular weight is 342 g/mol. The van der Waals surface area contributed by atoms with Gasteiger partial charge in [0.15, 0.2) is 0 Å². The van der Waals surface area contributed by atoms with Crippen molar-refractivity contribution in [1.82, 2.24) is 9.78 Å². The van der Waals surface area contributed by atoms with E-state index in [1.807, 2.05) is 0 Å². The maximum atomic E-state index is 6.01. The molecular weight excluding hydrogens is 314 g/mol. The lowest BCUT2D eigenvalue weighted by atomic mass is 9.71. The summed E-state index contributed by atoms with van der Waals surface area (Å²) in [6.45, 7) is 5.31. The van der Waals surface area contributed by atoms with Gasteiger partial charge in [-0.05, 0) is 65.9 Å².